The van der Waals surface area contributed by atoms with Crippen LogP contribution in [0, 0.1) is 0 Å². The molecule has 0 spiro atoms. The molecule has 0 aliphatic rings. The third-order valence-electron chi connectivity index (χ3n) is 3.01. The van der Waals surface area contributed by atoms with Crippen molar-refractivity contribution in [3.63, 3.8) is 0 Å². The predicted molar refractivity (Wildman–Crippen MR) is 76.8 cm³/mol. The molecule has 1 aromatic rings. The van der Waals surface area contributed by atoms with Crippen LogP contribution in [0.5, 0.6) is 0 Å². The lowest BCUT2D eigenvalue weighted by Gasteiger charge is -2.32. The summed E-state index contributed by atoms with van der Waals surface area (Å²) in [4.78, 5) is 0. The van der Waals surface area contributed by atoms with E-state index >= 15 is 0 Å². The molecule has 120 valence electrons. The average Bonchev–Trinajstić information content (AvgIpc) is 2.45. The summed E-state index contributed by atoms with van der Waals surface area (Å²) in [6.07, 6.45) is -3.60. The normalized spacial score (nSPS) is 12.8. The van der Waals surface area contributed by atoms with Crippen LogP contribution in [0.1, 0.15) is 31.4 Å². The van der Waals surface area contributed by atoms with Crippen molar-refractivity contribution in [1.29, 1.82) is 0 Å². The summed E-state index contributed by atoms with van der Waals surface area (Å²) in [7, 11) is 0.412. The third-order valence-corrected chi connectivity index (χ3v) is 3.64. The van der Waals surface area contributed by atoms with Crippen molar-refractivity contribution in [2.75, 3.05) is 13.2 Å². The Kier molecular flexibility index (Phi) is 6.86. The van der Waals surface area contributed by atoms with Crippen molar-refractivity contribution in [3.05, 3.63) is 35.4 Å². The number of rotatable bonds is 8. The summed E-state index contributed by atoms with van der Waals surface area (Å²) in [5, 5.41) is 0. The molecule has 0 amide bonds. The standard InChI is InChI=1S/C14H21F3O3Si/c1-3-18-13(20-21,19-4-2)9-8-11-6-5-7-12(10-11)14(15,16)17/h5-7,10H,3-4,8-9H2,1-2,21H3. The first-order valence-corrected chi connectivity index (χ1v) is 7.67. The topological polar surface area (TPSA) is 27.7 Å². The highest BCUT2D eigenvalue weighted by Crippen LogP contribution is 2.30. The first-order chi connectivity index (χ1) is 9.87. The summed E-state index contributed by atoms with van der Waals surface area (Å²) in [6, 6.07) is 5.27. The van der Waals surface area contributed by atoms with Crippen molar-refractivity contribution in [2.45, 2.75) is 38.8 Å². The average molecular weight is 322 g/mol. The molecule has 21 heavy (non-hydrogen) atoms. The van der Waals surface area contributed by atoms with E-state index < -0.39 is 17.7 Å². The Morgan fingerprint density at radius 1 is 1.10 bits per heavy atom. The van der Waals surface area contributed by atoms with Gasteiger partial charge < -0.3 is 13.9 Å². The lowest BCUT2D eigenvalue weighted by atomic mass is 10.1. The van der Waals surface area contributed by atoms with Crippen LogP contribution in [-0.4, -0.2) is 29.7 Å². The molecule has 1 rings (SSSR count). The second-order valence-corrected chi connectivity index (χ2v) is 4.86. The van der Waals surface area contributed by atoms with Gasteiger partial charge in [-0.2, -0.15) is 13.2 Å². The van der Waals surface area contributed by atoms with E-state index in [0.29, 0.717) is 42.1 Å². The van der Waals surface area contributed by atoms with Crippen LogP contribution in [0.15, 0.2) is 24.3 Å². The fraction of sp³-hybridized carbons (Fsp3) is 0.571. The lowest BCUT2D eigenvalue weighted by molar-refractivity contribution is -0.343. The second-order valence-electron chi connectivity index (χ2n) is 4.45. The molecule has 0 aliphatic carbocycles. The number of hydrogen-bond acceptors (Lipinski definition) is 3. The Balaban J connectivity index is 2.80. The Labute approximate surface area is 125 Å². The zero-order valence-corrected chi connectivity index (χ0v) is 14.5. The third kappa shape index (κ3) is 5.42. The summed E-state index contributed by atoms with van der Waals surface area (Å²) in [5.74, 6) is -1.15. The minimum Gasteiger partial charge on any atom is -0.380 e. The van der Waals surface area contributed by atoms with Crippen molar-refractivity contribution < 1.29 is 27.1 Å². The first-order valence-electron chi connectivity index (χ1n) is 6.86. The molecule has 0 bridgehead atoms. The molecule has 0 heterocycles. The highest BCUT2D eigenvalue weighted by atomic mass is 28.2. The lowest BCUT2D eigenvalue weighted by Crippen LogP contribution is -2.39. The molecule has 1 aromatic carbocycles. The van der Waals surface area contributed by atoms with E-state index in [-0.39, 0.29) is 0 Å². The van der Waals surface area contributed by atoms with Crippen LogP contribution in [-0.2, 0) is 26.5 Å². The number of alkyl halides is 3. The van der Waals surface area contributed by atoms with Crippen LogP contribution in [0.3, 0.4) is 0 Å². The maximum atomic E-state index is 12.7. The molecule has 0 saturated carbocycles. The first kappa shape index (κ1) is 18.2. The van der Waals surface area contributed by atoms with Crippen LogP contribution in [0.4, 0.5) is 13.2 Å². The summed E-state index contributed by atoms with van der Waals surface area (Å²) < 4.78 is 54.5. The molecular weight excluding hydrogens is 301 g/mol. The smallest absolute Gasteiger partial charge is 0.380 e. The van der Waals surface area contributed by atoms with E-state index in [1.165, 1.54) is 6.07 Å². The van der Waals surface area contributed by atoms with E-state index in [1.54, 1.807) is 6.07 Å². The summed E-state index contributed by atoms with van der Waals surface area (Å²) in [5.41, 5.74) is -0.0717. The quantitative estimate of drug-likeness (QED) is 0.544. The van der Waals surface area contributed by atoms with Crippen LogP contribution >= 0.6 is 0 Å². The van der Waals surface area contributed by atoms with Gasteiger partial charge in [-0.25, -0.2) is 0 Å². The van der Waals surface area contributed by atoms with Gasteiger partial charge in [0.05, 0.1) is 5.56 Å². The zero-order chi connectivity index (χ0) is 15.9. The van der Waals surface area contributed by atoms with E-state index in [1.807, 2.05) is 13.8 Å². The van der Waals surface area contributed by atoms with Gasteiger partial charge in [0.25, 0.3) is 5.97 Å². The minimum absolute atomic E-state index is 0.347. The maximum Gasteiger partial charge on any atom is 0.416 e. The molecule has 7 heteroatoms. The molecule has 0 saturated heterocycles. The van der Waals surface area contributed by atoms with Crippen LogP contribution in [0.2, 0.25) is 0 Å². The van der Waals surface area contributed by atoms with Gasteiger partial charge in [-0.15, -0.1) is 0 Å². The maximum absolute atomic E-state index is 12.7. The van der Waals surface area contributed by atoms with Crippen molar-refractivity contribution in [1.82, 2.24) is 0 Å². The van der Waals surface area contributed by atoms with Crippen LogP contribution in [0.25, 0.3) is 0 Å². The molecular formula is C14H21F3O3Si. The van der Waals surface area contributed by atoms with Gasteiger partial charge in [0, 0.05) is 19.6 Å². The van der Waals surface area contributed by atoms with E-state index in [0.717, 1.165) is 12.1 Å². The Morgan fingerprint density at radius 3 is 2.19 bits per heavy atom. The summed E-state index contributed by atoms with van der Waals surface area (Å²) in [6.45, 7) is 4.45. The number of benzene rings is 1. The molecule has 0 N–H and O–H groups in total. The Hall–Kier alpha value is -0.893. The van der Waals surface area contributed by atoms with E-state index in [2.05, 4.69) is 0 Å². The van der Waals surface area contributed by atoms with E-state index in [4.69, 9.17) is 13.9 Å². The minimum atomic E-state index is -4.33. The molecule has 0 unspecified atom stereocenters. The van der Waals surface area contributed by atoms with Crippen molar-refractivity contribution >= 4 is 10.5 Å². The van der Waals surface area contributed by atoms with Gasteiger partial charge in [-0.3, -0.25) is 0 Å². The molecule has 0 fully saturated rings. The van der Waals surface area contributed by atoms with Gasteiger partial charge in [0.15, 0.2) is 10.5 Å². The van der Waals surface area contributed by atoms with Gasteiger partial charge in [-0.05, 0) is 31.9 Å². The SMILES string of the molecule is CCOC(CCc1cccc(C(F)(F)F)c1)(O[SiH3])OCC. The molecule has 0 aromatic heterocycles. The monoisotopic (exact) mass is 322 g/mol. The number of aryl methyl sites for hydroxylation is 1. The highest BCUT2D eigenvalue weighted by molar-refractivity contribution is 5.98. The van der Waals surface area contributed by atoms with Gasteiger partial charge in [-0.1, -0.05) is 18.2 Å². The van der Waals surface area contributed by atoms with Gasteiger partial charge >= 0.3 is 6.18 Å². The fourth-order valence-corrected chi connectivity index (χ4v) is 2.49. The zero-order valence-electron chi connectivity index (χ0n) is 12.5. The fourth-order valence-electron chi connectivity index (χ4n) is 2.05. The second kappa shape index (κ2) is 7.93. The molecule has 3 nitrogen and oxygen atoms in total. The molecule has 0 atom stereocenters. The van der Waals surface area contributed by atoms with Crippen molar-refractivity contribution in [3.8, 4) is 0 Å². The molecule has 0 radical (unpaired) electrons. The van der Waals surface area contributed by atoms with E-state index in [9.17, 15) is 13.2 Å². The number of hydrogen-bond donors (Lipinski definition) is 0. The van der Waals surface area contributed by atoms with Crippen LogP contribution < -0.4 is 0 Å². The molecule has 0 aliphatic heterocycles. The number of halogens is 3. The largest absolute Gasteiger partial charge is 0.416 e. The Morgan fingerprint density at radius 2 is 1.71 bits per heavy atom. The van der Waals surface area contributed by atoms with Gasteiger partial charge in [0.1, 0.15) is 0 Å². The summed E-state index contributed by atoms with van der Waals surface area (Å²) >= 11 is 0. The predicted octanol–water partition coefficient (Wildman–Crippen LogP) is 2.66. The van der Waals surface area contributed by atoms with Gasteiger partial charge in [0.2, 0.25) is 0 Å². The highest BCUT2D eigenvalue weighted by Gasteiger charge is 2.32. The Bertz CT molecular complexity index is 432. The van der Waals surface area contributed by atoms with Crippen molar-refractivity contribution in [2.24, 2.45) is 0 Å². The number of ether oxygens (including phenoxy) is 2.